The van der Waals surface area contributed by atoms with Crippen LogP contribution in [0, 0.1) is 5.92 Å². The molecule has 0 fully saturated rings. The molecule has 0 spiro atoms. The van der Waals surface area contributed by atoms with Gasteiger partial charge in [0.25, 0.3) is 0 Å². The summed E-state index contributed by atoms with van der Waals surface area (Å²) in [5.74, 6) is -2.44. The molecule has 1 atom stereocenters. The van der Waals surface area contributed by atoms with E-state index in [1.807, 2.05) is 42.5 Å². The normalized spacial score (nSPS) is 12.4. The van der Waals surface area contributed by atoms with Gasteiger partial charge < -0.3 is 14.6 Å². The molecular weight excluding hydrogens is 382 g/mol. The molecule has 0 radical (unpaired) electrons. The molecule has 1 aromatic heterocycles. The van der Waals surface area contributed by atoms with Gasteiger partial charge in [0.15, 0.2) is 0 Å². The number of hydrogen-bond acceptors (Lipinski definition) is 5. The first-order valence-corrected chi connectivity index (χ1v) is 9.45. The molecule has 0 aliphatic rings. The first-order valence-electron chi connectivity index (χ1n) is 9.45. The summed E-state index contributed by atoms with van der Waals surface area (Å²) in [6.07, 6.45) is 3.87. The summed E-state index contributed by atoms with van der Waals surface area (Å²) in [6, 6.07) is 17.2. The Morgan fingerprint density at radius 2 is 1.87 bits per heavy atom. The number of rotatable bonds is 8. The Kier molecular flexibility index (Phi) is 6.70. The summed E-state index contributed by atoms with van der Waals surface area (Å²) in [6.45, 7) is 1.06. The fourth-order valence-corrected chi connectivity index (χ4v) is 3.23. The largest absolute Gasteiger partial charge is 0.478 e. The van der Waals surface area contributed by atoms with Crippen LogP contribution in [0.1, 0.15) is 18.9 Å². The lowest BCUT2D eigenvalue weighted by molar-refractivity contribution is -0.143. The highest BCUT2D eigenvalue weighted by atomic mass is 16.5. The van der Waals surface area contributed by atoms with Gasteiger partial charge in [-0.25, -0.2) is 4.79 Å². The van der Waals surface area contributed by atoms with Crippen molar-refractivity contribution in [3.8, 4) is 11.1 Å². The minimum Gasteiger partial charge on any atom is -0.478 e. The van der Waals surface area contributed by atoms with E-state index in [0.29, 0.717) is 11.8 Å². The Morgan fingerprint density at radius 3 is 2.53 bits per heavy atom. The van der Waals surface area contributed by atoms with Crippen molar-refractivity contribution in [2.75, 3.05) is 6.61 Å². The van der Waals surface area contributed by atoms with Crippen LogP contribution < -0.4 is 0 Å². The smallest absolute Gasteiger partial charge is 0.332 e. The zero-order valence-corrected chi connectivity index (χ0v) is 16.4. The maximum Gasteiger partial charge on any atom is 0.332 e. The molecule has 3 aromatic rings. The number of carboxylic acids is 1. The van der Waals surface area contributed by atoms with Crippen LogP contribution in [0.4, 0.5) is 0 Å². The predicted molar refractivity (Wildman–Crippen MR) is 114 cm³/mol. The average molecular weight is 403 g/mol. The Balaban J connectivity index is 2.09. The number of benzene rings is 2. The molecule has 152 valence electrons. The minimum atomic E-state index is -1.17. The SMILES string of the molecule is CC(=O)OCC(CC=O)C(=Cc1cccc2ncc(-c3ccccc3)cc12)C(=O)O. The van der Waals surface area contributed by atoms with Crippen LogP contribution in [0.3, 0.4) is 0 Å². The van der Waals surface area contributed by atoms with E-state index in [1.54, 1.807) is 18.3 Å². The van der Waals surface area contributed by atoms with Crippen molar-refractivity contribution in [2.24, 2.45) is 5.92 Å². The number of fused-ring (bicyclic) bond motifs is 1. The number of carboxylic acid groups (broad SMARTS) is 1. The number of esters is 1. The van der Waals surface area contributed by atoms with Gasteiger partial charge in [0, 0.05) is 42.0 Å². The topological polar surface area (TPSA) is 93.6 Å². The van der Waals surface area contributed by atoms with Crippen LogP contribution in [0.25, 0.3) is 28.1 Å². The minimum absolute atomic E-state index is 0.000893. The van der Waals surface area contributed by atoms with E-state index < -0.39 is 17.9 Å². The first kappa shape index (κ1) is 20.9. The lowest BCUT2D eigenvalue weighted by Crippen LogP contribution is -2.20. The van der Waals surface area contributed by atoms with E-state index in [2.05, 4.69) is 4.98 Å². The molecule has 30 heavy (non-hydrogen) atoms. The van der Waals surface area contributed by atoms with Crippen LogP contribution in [-0.4, -0.2) is 34.9 Å². The molecular formula is C24H21NO5. The Bertz CT molecular complexity index is 1110. The maximum absolute atomic E-state index is 11.9. The van der Waals surface area contributed by atoms with Crippen molar-refractivity contribution >= 4 is 35.2 Å². The number of aldehydes is 1. The van der Waals surface area contributed by atoms with Crippen LogP contribution in [0.15, 0.2) is 66.4 Å². The molecule has 2 aromatic carbocycles. The summed E-state index contributed by atoms with van der Waals surface area (Å²) in [5, 5.41) is 10.5. The molecule has 0 amide bonds. The fourth-order valence-electron chi connectivity index (χ4n) is 3.23. The molecule has 0 saturated carbocycles. The highest BCUT2D eigenvalue weighted by Gasteiger charge is 2.22. The number of hydrogen-bond donors (Lipinski definition) is 1. The number of carbonyl (C=O) groups is 3. The number of pyridine rings is 1. The summed E-state index contributed by atoms with van der Waals surface area (Å²) in [4.78, 5) is 38.7. The quantitative estimate of drug-likeness (QED) is 0.345. The van der Waals surface area contributed by atoms with Gasteiger partial charge in [0.05, 0.1) is 12.1 Å². The number of aliphatic carboxylic acids is 1. The molecule has 6 heteroatoms. The molecule has 0 aliphatic carbocycles. The van der Waals surface area contributed by atoms with Gasteiger partial charge in [-0.05, 0) is 29.3 Å². The van der Waals surface area contributed by atoms with E-state index in [4.69, 9.17) is 4.74 Å². The number of carbonyl (C=O) groups excluding carboxylic acids is 2. The zero-order valence-electron chi connectivity index (χ0n) is 16.4. The monoisotopic (exact) mass is 403 g/mol. The van der Waals surface area contributed by atoms with Gasteiger partial charge in [-0.2, -0.15) is 0 Å². The predicted octanol–water partition coefficient (Wildman–Crippen LogP) is 4.14. The van der Waals surface area contributed by atoms with Gasteiger partial charge in [0.1, 0.15) is 6.29 Å². The van der Waals surface area contributed by atoms with E-state index in [-0.39, 0.29) is 18.6 Å². The lowest BCUT2D eigenvalue weighted by Gasteiger charge is -2.15. The molecule has 1 N–H and O–H groups in total. The van der Waals surface area contributed by atoms with Gasteiger partial charge in [0.2, 0.25) is 0 Å². The van der Waals surface area contributed by atoms with E-state index in [1.165, 1.54) is 13.0 Å². The molecule has 0 bridgehead atoms. The Morgan fingerprint density at radius 1 is 1.10 bits per heavy atom. The summed E-state index contributed by atoms with van der Waals surface area (Å²) in [7, 11) is 0. The average Bonchev–Trinajstić information content (AvgIpc) is 2.75. The third-order valence-electron chi connectivity index (χ3n) is 4.73. The summed E-state index contributed by atoms with van der Waals surface area (Å²) in [5.41, 5.74) is 3.29. The Labute approximate surface area is 173 Å². The van der Waals surface area contributed by atoms with Crippen LogP contribution in [-0.2, 0) is 19.1 Å². The first-order chi connectivity index (χ1) is 14.5. The third-order valence-corrected chi connectivity index (χ3v) is 4.73. The van der Waals surface area contributed by atoms with Crippen molar-refractivity contribution in [2.45, 2.75) is 13.3 Å². The van der Waals surface area contributed by atoms with Crippen LogP contribution in [0.2, 0.25) is 0 Å². The highest BCUT2D eigenvalue weighted by molar-refractivity contribution is 5.98. The summed E-state index contributed by atoms with van der Waals surface area (Å²) >= 11 is 0. The molecule has 1 unspecified atom stereocenters. The van der Waals surface area contributed by atoms with Gasteiger partial charge in [-0.15, -0.1) is 0 Å². The number of aromatic nitrogens is 1. The van der Waals surface area contributed by atoms with Crippen LogP contribution in [0.5, 0.6) is 0 Å². The van der Waals surface area contributed by atoms with Crippen molar-refractivity contribution in [1.29, 1.82) is 0 Å². The molecule has 1 heterocycles. The standard InChI is InChI=1S/C24H21NO5/c1-16(27)30-15-19(10-11-26)22(24(28)29)12-18-8-5-9-23-21(18)13-20(14-25-23)17-6-3-2-4-7-17/h2-9,11-14,19H,10,15H2,1H3,(H,28,29). The third kappa shape index (κ3) is 4.97. The van der Waals surface area contributed by atoms with E-state index in [0.717, 1.165) is 22.0 Å². The van der Waals surface area contributed by atoms with Crippen LogP contribution >= 0.6 is 0 Å². The van der Waals surface area contributed by atoms with E-state index >= 15 is 0 Å². The molecule has 6 nitrogen and oxygen atoms in total. The van der Waals surface area contributed by atoms with Crippen molar-refractivity contribution in [3.05, 3.63) is 71.9 Å². The van der Waals surface area contributed by atoms with Gasteiger partial charge in [-0.3, -0.25) is 9.78 Å². The molecule has 0 saturated heterocycles. The summed E-state index contributed by atoms with van der Waals surface area (Å²) < 4.78 is 4.98. The lowest BCUT2D eigenvalue weighted by atomic mass is 9.93. The zero-order chi connectivity index (χ0) is 21.5. The van der Waals surface area contributed by atoms with Crippen molar-refractivity contribution < 1.29 is 24.2 Å². The van der Waals surface area contributed by atoms with E-state index in [9.17, 15) is 19.5 Å². The van der Waals surface area contributed by atoms with Crippen molar-refractivity contribution in [3.63, 3.8) is 0 Å². The van der Waals surface area contributed by atoms with Crippen molar-refractivity contribution in [1.82, 2.24) is 4.98 Å². The van der Waals surface area contributed by atoms with Gasteiger partial charge >= 0.3 is 11.9 Å². The highest BCUT2D eigenvalue weighted by Crippen LogP contribution is 2.28. The second-order valence-electron chi connectivity index (χ2n) is 6.81. The second-order valence-corrected chi connectivity index (χ2v) is 6.81. The fraction of sp³-hybridized carbons (Fsp3) is 0.167. The van der Waals surface area contributed by atoms with Gasteiger partial charge in [-0.1, -0.05) is 42.5 Å². The number of nitrogens with zero attached hydrogens (tertiary/aromatic N) is 1. The molecule has 3 rings (SSSR count). The number of ether oxygens (including phenoxy) is 1. The Hall–Kier alpha value is -3.80. The second kappa shape index (κ2) is 9.60. The molecule has 0 aliphatic heterocycles. The maximum atomic E-state index is 11.9.